The van der Waals surface area contributed by atoms with E-state index < -0.39 is 11.8 Å². The van der Waals surface area contributed by atoms with Crippen LogP contribution < -0.4 is 27.1 Å². The number of ether oxygens (including phenoxy) is 1. The van der Waals surface area contributed by atoms with E-state index >= 15 is 0 Å². The number of pyridine rings is 2. The molecular formula is C69H65FN8O10S2. The molecule has 0 atom stereocenters. The number of imidazole rings is 1. The number of furan rings is 2. The molecule has 0 unspecified atom stereocenters. The van der Waals surface area contributed by atoms with Crippen LogP contribution in [0.25, 0.3) is 27.8 Å². The Hall–Kier alpha value is -10.5. The molecule has 0 bridgehead atoms. The number of rotatable bonds is 21. The first-order valence-electron chi connectivity index (χ1n) is 28.5. The number of thiophene rings is 2. The summed E-state index contributed by atoms with van der Waals surface area (Å²) in [5.74, 6) is 0.388. The first-order valence-corrected chi connectivity index (χ1v) is 30.1. The first kappa shape index (κ1) is 64.0. The number of halogens is 1. The van der Waals surface area contributed by atoms with E-state index in [1.807, 2.05) is 92.9 Å². The van der Waals surface area contributed by atoms with Gasteiger partial charge in [-0.15, -0.1) is 22.7 Å². The van der Waals surface area contributed by atoms with E-state index in [2.05, 4.69) is 10.3 Å². The van der Waals surface area contributed by atoms with Crippen LogP contribution >= 0.6 is 22.7 Å². The van der Waals surface area contributed by atoms with Gasteiger partial charge in [0.25, 0.3) is 17.4 Å². The molecule has 11 rings (SSSR count). The Morgan fingerprint density at radius 1 is 0.656 bits per heavy atom. The number of hydrogen-bond acceptors (Lipinski definition) is 14. The van der Waals surface area contributed by atoms with Crippen LogP contribution in [0.15, 0.2) is 178 Å². The molecule has 0 aliphatic heterocycles. The van der Waals surface area contributed by atoms with Gasteiger partial charge in [0.2, 0.25) is 11.8 Å². The smallest absolute Gasteiger partial charge is 0.258 e. The van der Waals surface area contributed by atoms with Crippen LogP contribution in [-0.2, 0) is 42.1 Å². The van der Waals surface area contributed by atoms with Gasteiger partial charge in [-0.25, -0.2) is 9.37 Å². The second-order valence-corrected chi connectivity index (χ2v) is 23.8. The van der Waals surface area contributed by atoms with Gasteiger partial charge < -0.3 is 45.1 Å². The highest BCUT2D eigenvalue weighted by Gasteiger charge is 2.26. The van der Waals surface area contributed by atoms with Crippen molar-refractivity contribution in [2.24, 2.45) is 11.5 Å². The zero-order valence-electron chi connectivity index (χ0n) is 50.3. The van der Waals surface area contributed by atoms with Gasteiger partial charge >= 0.3 is 0 Å². The van der Waals surface area contributed by atoms with Crippen molar-refractivity contribution >= 4 is 80.2 Å². The molecule has 0 saturated heterocycles. The lowest BCUT2D eigenvalue weighted by Gasteiger charge is -2.22. The zero-order valence-corrected chi connectivity index (χ0v) is 51.9. The summed E-state index contributed by atoms with van der Waals surface area (Å²) in [6.45, 7) is 9.99. The maximum Gasteiger partial charge on any atom is 0.258 e. The lowest BCUT2D eigenvalue weighted by atomic mass is 10.1. The number of amides is 4. The lowest BCUT2D eigenvalue weighted by molar-refractivity contribution is -0.120. The third-order valence-electron chi connectivity index (χ3n) is 14.8. The number of aromatic nitrogens is 3. The Balaban J connectivity index is 0.000000160. The third kappa shape index (κ3) is 15.6. The molecule has 0 saturated carbocycles. The van der Waals surface area contributed by atoms with Crippen molar-refractivity contribution in [3.63, 3.8) is 0 Å². The molecule has 7 heterocycles. The van der Waals surface area contributed by atoms with E-state index in [4.69, 9.17) is 30.0 Å². The highest BCUT2D eigenvalue weighted by molar-refractivity contribution is 7.13. The fourth-order valence-electron chi connectivity index (χ4n) is 10.1. The fraction of sp³-hybridized carbons (Fsp3) is 0.188. The average Bonchev–Trinajstić information content (AvgIpc) is 1.66. The minimum Gasteiger partial charge on any atom is -0.497 e. The SMILES string of the molecule is COc1ccc2cc(-c3nc4ccc(C)cn4c3NCc3ccco3)c(=O)[nH]c2c1.Cc1sc(CC(=O)CN(Cc2ccc(F)cc2)C(=O)c2ccccc2)c(C(N)=O)c1C.Cc1sc(CC(=O)CN(Cc2ccco2)C(=O)c2ccccc2)c(C(N)=O)c1C. The number of nitrogens with two attached hydrogens (primary N) is 2. The van der Waals surface area contributed by atoms with Gasteiger partial charge in [-0.1, -0.05) is 54.6 Å². The van der Waals surface area contributed by atoms with Crippen LogP contribution in [0.5, 0.6) is 5.75 Å². The number of carbonyl (C=O) groups is 6. The number of fused-ring (bicyclic) bond motifs is 2. The highest BCUT2D eigenvalue weighted by atomic mass is 32.1. The molecule has 11 aromatic rings. The summed E-state index contributed by atoms with van der Waals surface area (Å²) in [5, 5.41) is 4.29. The summed E-state index contributed by atoms with van der Waals surface area (Å²) < 4.78 is 31.3. The summed E-state index contributed by atoms with van der Waals surface area (Å²) in [6, 6.07) is 41.9. The molecule has 7 aromatic heterocycles. The fourth-order valence-corrected chi connectivity index (χ4v) is 12.5. The van der Waals surface area contributed by atoms with Crippen molar-refractivity contribution in [1.82, 2.24) is 24.2 Å². The Morgan fingerprint density at radius 2 is 1.20 bits per heavy atom. The molecule has 0 radical (unpaired) electrons. The number of benzene rings is 4. The van der Waals surface area contributed by atoms with Crippen LogP contribution in [-0.4, -0.2) is 79.6 Å². The number of aromatic amines is 1. The second-order valence-electron chi connectivity index (χ2n) is 21.2. The number of hydrogen-bond donors (Lipinski definition) is 4. The molecule has 0 aliphatic rings. The van der Waals surface area contributed by atoms with Crippen LogP contribution in [0.4, 0.5) is 10.2 Å². The van der Waals surface area contributed by atoms with Gasteiger partial charge in [-0.2, -0.15) is 0 Å². The average molecular weight is 1250 g/mol. The van der Waals surface area contributed by atoms with Gasteiger partial charge in [-0.3, -0.25) is 38.0 Å². The van der Waals surface area contributed by atoms with E-state index in [1.165, 1.54) is 50.9 Å². The Labute approximate surface area is 525 Å². The van der Waals surface area contributed by atoms with E-state index in [9.17, 15) is 38.0 Å². The van der Waals surface area contributed by atoms with Crippen molar-refractivity contribution in [3.8, 4) is 17.0 Å². The number of methoxy groups -OCH3 is 1. The normalized spacial score (nSPS) is 10.9. The molecule has 18 nitrogen and oxygen atoms in total. The molecule has 6 N–H and O–H groups in total. The van der Waals surface area contributed by atoms with Crippen LogP contribution in [0.1, 0.15) is 94.7 Å². The molecule has 0 spiro atoms. The molecule has 0 aliphatic carbocycles. The highest BCUT2D eigenvalue weighted by Crippen LogP contribution is 2.32. The largest absolute Gasteiger partial charge is 0.497 e. The molecular weight excluding hydrogens is 1180 g/mol. The Bertz CT molecular complexity index is 4440. The van der Waals surface area contributed by atoms with Crippen molar-refractivity contribution < 1.29 is 46.7 Å². The summed E-state index contributed by atoms with van der Waals surface area (Å²) in [5.41, 5.74) is 18.5. The minimum atomic E-state index is -0.562. The second kappa shape index (κ2) is 29.0. The van der Waals surface area contributed by atoms with Gasteiger partial charge in [0.1, 0.15) is 40.2 Å². The number of primary amides is 2. The number of nitrogens with zero attached hydrogens (tertiary/aromatic N) is 4. The molecule has 4 aromatic carbocycles. The van der Waals surface area contributed by atoms with Gasteiger partial charge in [0.05, 0.1) is 68.0 Å². The van der Waals surface area contributed by atoms with Gasteiger partial charge in [-0.05, 0) is 147 Å². The summed E-state index contributed by atoms with van der Waals surface area (Å²) in [4.78, 5) is 102. The van der Waals surface area contributed by atoms with Crippen molar-refractivity contribution in [2.45, 2.75) is 67.1 Å². The minimum absolute atomic E-state index is 0.0135. The number of Topliss-reactive ketones (excluding diaryl/α,β-unsaturated/α-hetero) is 2. The molecule has 460 valence electrons. The number of ketones is 2. The predicted octanol–water partition coefficient (Wildman–Crippen LogP) is 11.9. The summed E-state index contributed by atoms with van der Waals surface area (Å²) in [6.07, 6.45) is 5.22. The summed E-state index contributed by atoms with van der Waals surface area (Å²) >= 11 is 2.76. The number of aryl methyl sites for hydroxylation is 3. The quantitative estimate of drug-likeness (QED) is 0.0524. The topological polar surface area (TPSA) is 259 Å². The summed E-state index contributed by atoms with van der Waals surface area (Å²) in [7, 11) is 1.60. The Morgan fingerprint density at radius 3 is 1.72 bits per heavy atom. The van der Waals surface area contributed by atoms with Gasteiger partial charge in [0, 0.05) is 62.3 Å². The molecule has 21 heteroatoms. The molecule has 0 fully saturated rings. The van der Waals surface area contributed by atoms with Crippen molar-refractivity contribution in [2.75, 3.05) is 25.5 Å². The van der Waals surface area contributed by atoms with E-state index in [1.54, 1.807) is 99.2 Å². The first-order chi connectivity index (χ1) is 43.2. The van der Waals surface area contributed by atoms with E-state index in [0.29, 0.717) is 72.4 Å². The zero-order chi connectivity index (χ0) is 64.2. The Kier molecular flexibility index (Phi) is 20.6. The number of anilines is 1. The molecule has 90 heavy (non-hydrogen) atoms. The number of carbonyl (C=O) groups excluding carboxylic acids is 6. The van der Waals surface area contributed by atoms with E-state index in [-0.39, 0.29) is 73.8 Å². The maximum absolute atomic E-state index is 13.3. The van der Waals surface area contributed by atoms with Crippen LogP contribution in [0.2, 0.25) is 0 Å². The maximum atomic E-state index is 13.3. The van der Waals surface area contributed by atoms with Crippen LogP contribution in [0, 0.1) is 40.4 Å². The predicted molar refractivity (Wildman–Crippen MR) is 346 cm³/mol. The van der Waals surface area contributed by atoms with Gasteiger partial charge in [0.15, 0.2) is 11.6 Å². The monoisotopic (exact) mass is 1250 g/mol. The number of H-pyrrole nitrogens is 1. The van der Waals surface area contributed by atoms with Crippen LogP contribution in [0.3, 0.4) is 0 Å². The van der Waals surface area contributed by atoms with E-state index in [0.717, 1.165) is 49.1 Å². The van der Waals surface area contributed by atoms with Crippen molar-refractivity contribution in [3.05, 3.63) is 256 Å². The standard InChI is InChI=1S/C24H23FN2O3S.C23H20N4O3.C22H22N2O4S/c1-15-16(2)31-21(22(15)23(26)29)12-20(28)14-27(13-17-8-10-19(25)11-9-17)24(30)18-6-4-3-5-7-18;1-14-5-8-20-26-21(22(27(20)13-14)24-12-17-4-3-9-30-17)18-10-15-6-7-16(29-2)11-19(15)25-23(18)28;1-14-15(2)29-19(20(14)21(23)26)11-17(25)12-24(13-18-9-6-10-28-18)22(27)16-7-4-3-5-8-16/h3-11H,12-14H2,1-2H3,(H2,26,29);3-11,13,24H,12H2,1-2H3,(H,25,28);3-10H,11-13H2,1-2H3,(H2,23,26). The number of nitrogens with one attached hydrogen (secondary N) is 2. The van der Waals surface area contributed by atoms with Crippen molar-refractivity contribution in [1.29, 1.82) is 0 Å². The third-order valence-corrected chi connectivity index (χ3v) is 17.2. The molecule has 4 amide bonds. The lowest BCUT2D eigenvalue weighted by Crippen LogP contribution is -2.36.